The van der Waals surface area contributed by atoms with Gasteiger partial charge in [-0.25, -0.2) is 0 Å². The maximum absolute atomic E-state index is 11.1. The lowest BCUT2D eigenvalue weighted by Crippen LogP contribution is -2.05. The van der Waals surface area contributed by atoms with E-state index in [1.807, 2.05) is 42.5 Å². The zero-order valence-electron chi connectivity index (χ0n) is 10.8. The van der Waals surface area contributed by atoms with Crippen molar-refractivity contribution >= 4 is 20.2 Å². The first-order valence-electron chi connectivity index (χ1n) is 6.35. The summed E-state index contributed by atoms with van der Waals surface area (Å²) >= 11 is 0. The molecule has 0 radical (unpaired) electrons. The lowest BCUT2D eigenvalue weighted by atomic mass is 10.1. The Bertz CT molecular complexity index is 566. The van der Waals surface area contributed by atoms with E-state index in [4.69, 9.17) is 0 Å². The summed E-state index contributed by atoms with van der Waals surface area (Å²) in [7, 11) is 0.484. The van der Waals surface area contributed by atoms with E-state index < -0.39 is 0 Å². The Balaban J connectivity index is 2.29. The van der Waals surface area contributed by atoms with Gasteiger partial charge in [-0.3, -0.25) is 4.79 Å². The molecule has 19 heavy (non-hydrogen) atoms. The Labute approximate surface area is 115 Å². The Kier molecular flexibility index (Phi) is 4.70. The topological polar surface area (TPSA) is 37.3 Å². The fraction of sp³-hybridized carbons (Fsp3) is 0.188. The van der Waals surface area contributed by atoms with Crippen LogP contribution in [-0.2, 0) is 0 Å². The van der Waals surface area contributed by atoms with Gasteiger partial charge in [-0.2, -0.15) is 0 Å². The van der Waals surface area contributed by atoms with Gasteiger partial charge in [-0.1, -0.05) is 58.0 Å². The number of rotatable bonds is 5. The molecule has 0 amide bonds. The van der Waals surface area contributed by atoms with Gasteiger partial charge in [0.25, 0.3) is 0 Å². The first-order valence-corrected chi connectivity index (χ1v) is 7.42. The maximum Gasteiger partial charge on any atom is 0.150 e. The summed E-state index contributed by atoms with van der Waals surface area (Å²) in [6.45, 7) is 2.10. The predicted octanol–water partition coefficient (Wildman–Crippen LogP) is 3.66. The second-order valence-corrected chi connectivity index (χ2v) is 5.89. The average Bonchev–Trinajstić information content (AvgIpc) is 2.46. The number of carbonyl (C=O) groups is 1. The van der Waals surface area contributed by atoms with E-state index in [0.717, 1.165) is 29.1 Å². The molecular weight excluding hydrogens is 255 g/mol. The fourth-order valence-electron chi connectivity index (χ4n) is 2.10. The van der Waals surface area contributed by atoms with Crippen molar-refractivity contribution in [3.63, 3.8) is 0 Å². The highest BCUT2D eigenvalue weighted by Gasteiger charge is 2.15. The number of carbonyl (C=O) groups excluding carboxylic acids is 1. The summed E-state index contributed by atoms with van der Waals surface area (Å²) in [5, 5.41) is 11.0. The molecule has 2 nitrogen and oxygen atoms in total. The Morgan fingerprint density at radius 2 is 1.84 bits per heavy atom. The molecule has 0 aliphatic heterocycles. The fourth-order valence-corrected chi connectivity index (χ4v) is 3.58. The molecule has 0 spiro atoms. The number of hydrogen-bond acceptors (Lipinski definition) is 2. The van der Waals surface area contributed by atoms with Crippen molar-refractivity contribution in [1.82, 2.24) is 0 Å². The van der Waals surface area contributed by atoms with E-state index >= 15 is 0 Å². The molecule has 1 N–H and O–H groups in total. The van der Waals surface area contributed by atoms with Crippen LogP contribution in [0.1, 0.15) is 34.9 Å². The number of aldehydes is 1. The van der Waals surface area contributed by atoms with Gasteiger partial charge in [-0.05, 0) is 17.8 Å². The standard InChI is InChI=1S/C16H17O2P/c1-2-15(13-8-4-5-9-14(13)18)19-16-10-6-3-7-12(16)11-17/h3-11,15,18-19H,2H2,1H3. The third kappa shape index (κ3) is 3.21. The molecule has 3 heteroatoms. The predicted molar refractivity (Wildman–Crippen MR) is 80.9 cm³/mol. The van der Waals surface area contributed by atoms with E-state index in [-0.39, 0.29) is 5.66 Å². The molecule has 0 aliphatic rings. The summed E-state index contributed by atoms with van der Waals surface area (Å²) in [5.74, 6) is 0.338. The van der Waals surface area contributed by atoms with Crippen LogP contribution in [0.3, 0.4) is 0 Å². The quantitative estimate of drug-likeness (QED) is 0.666. The van der Waals surface area contributed by atoms with Gasteiger partial charge < -0.3 is 5.11 Å². The first-order chi connectivity index (χ1) is 9.26. The molecule has 0 bridgehead atoms. The molecule has 2 aromatic rings. The second-order valence-electron chi connectivity index (χ2n) is 4.37. The summed E-state index contributed by atoms with van der Waals surface area (Å²) in [6, 6.07) is 15.1. The Hall–Kier alpha value is -1.66. The van der Waals surface area contributed by atoms with Gasteiger partial charge in [-0.15, -0.1) is 0 Å². The zero-order chi connectivity index (χ0) is 13.7. The lowest BCUT2D eigenvalue weighted by molar-refractivity contribution is 0.112. The van der Waals surface area contributed by atoms with Gasteiger partial charge >= 0.3 is 0 Å². The van der Waals surface area contributed by atoms with Crippen molar-refractivity contribution in [3.05, 3.63) is 59.7 Å². The third-order valence-electron chi connectivity index (χ3n) is 3.14. The van der Waals surface area contributed by atoms with Crippen LogP contribution in [0.15, 0.2) is 48.5 Å². The molecule has 2 unspecified atom stereocenters. The molecule has 2 atom stereocenters. The van der Waals surface area contributed by atoms with Crippen LogP contribution in [0.5, 0.6) is 5.75 Å². The van der Waals surface area contributed by atoms with Gasteiger partial charge in [0.2, 0.25) is 0 Å². The third-order valence-corrected chi connectivity index (χ3v) is 4.97. The molecule has 0 fully saturated rings. The average molecular weight is 272 g/mol. The zero-order valence-corrected chi connectivity index (χ0v) is 11.8. The van der Waals surface area contributed by atoms with E-state index in [1.165, 1.54) is 0 Å². The van der Waals surface area contributed by atoms with Crippen molar-refractivity contribution in [2.45, 2.75) is 19.0 Å². The van der Waals surface area contributed by atoms with Crippen molar-refractivity contribution in [3.8, 4) is 5.75 Å². The maximum atomic E-state index is 11.1. The normalized spacial score (nSPS) is 12.7. The van der Waals surface area contributed by atoms with Crippen LogP contribution in [-0.4, -0.2) is 11.4 Å². The highest BCUT2D eigenvalue weighted by Crippen LogP contribution is 2.40. The number of phenolic OH excluding ortho intramolecular Hbond substituents is 1. The highest BCUT2D eigenvalue weighted by molar-refractivity contribution is 7.47. The van der Waals surface area contributed by atoms with Crippen molar-refractivity contribution < 1.29 is 9.90 Å². The van der Waals surface area contributed by atoms with E-state index in [2.05, 4.69) is 6.92 Å². The van der Waals surface area contributed by atoms with Crippen molar-refractivity contribution in [1.29, 1.82) is 0 Å². The SMILES string of the molecule is CCC(Pc1ccccc1C=O)c1ccccc1O. The van der Waals surface area contributed by atoms with E-state index in [0.29, 0.717) is 14.3 Å². The van der Waals surface area contributed by atoms with Crippen LogP contribution in [0.25, 0.3) is 0 Å². The van der Waals surface area contributed by atoms with E-state index in [9.17, 15) is 9.90 Å². The summed E-state index contributed by atoms with van der Waals surface area (Å²) in [6.07, 6.45) is 1.84. The smallest absolute Gasteiger partial charge is 0.150 e. The molecule has 2 aromatic carbocycles. The number of phenols is 1. The molecule has 0 aromatic heterocycles. The summed E-state index contributed by atoms with van der Waals surface area (Å²) < 4.78 is 0. The number of hydrogen-bond donors (Lipinski definition) is 1. The van der Waals surface area contributed by atoms with Crippen LogP contribution in [0, 0.1) is 0 Å². The Morgan fingerprint density at radius 3 is 2.53 bits per heavy atom. The number of aromatic hydroxyl groups is 1. The number of benzene rings is 2. The van der Waals surface area contributed by atoms with Crippen molar-refractivity contribution in [2.24, 2.45) is 0 Å². The molecule has 0 heterocycles. The monoisotopic (exact) mass is 272 g/mol. The second kappa shape index (κ2) is 6.49. The van der Waals surface area contributed by atoms with Gasteiger partial charge in [0.05, 0.1) is 0 Å². The minimum Gasteiger partial charge on any atom is -0.508 e. The summed E-state index contributed by atoms with van der Waals surface area (Å²) in [4.78, 5) is 11.1. The molecular formula is C16H17O2P. The van der Waals surface area contributed by atoms with Gasteiger partial charge in [0.15, 0.2) is 6.29 Å². The molecule has 2 rings (SSSR count). The molecule has 0 aliphatic carbocycles. The molecule has 98 valence electrons. The van der Waals surface area contributed by atoms with Gasteiger partial charge in [0, 0.05) is 16.8 Å². The van der Waals surface area contributed by atoms with Gasteiger partial charge in [0.1, 0.15) is 5.75 Å². The van der Waals surface area contributed by atoms with Crippen LogP contribution < -0.4 is 5.30 Å². The number of para-hydroxylation sites is 1. The summed E-state index contributed by atoms with van der Waals surface area (Å²) in [5.41, 5.74) is 1.96. The molecule has 0 saturated heterocycles. The van der Waals surface area contributed by atoms with Crippen LogP contribution in [0.4, 0.5) is 0 Å². The van der Waals surface area contributed by atoms with Crippen LogP contribution in [0.2, 0.25) is 0 Å². The van der Waals surface area contributed by atoms with E-state index in [1.54, 1.807) is 6.07 Å². The highest BCUT2D eigenvalue weighted by atomic mass is 31.1. The largest absolute Gasteiger partial charge is 0.508 e. The van der Waals surface area contributed by atoms with Crippen LogP contribution >= 0.6 is 8.58 Å². The molecule has 0 saturated carbocycles. The Morgan fingerprint density at radius 1 is 1.16 bits per heavy atom. The lowest BCUT2D eigenvalue weighted by Gasteiger charge is -2.17. The minimum atomic E-state index is 0.252. The minimum absolute atomic E-state index is 0.252. The first kappa shape index (κ1) is 13.8. The van der Waals surface area contributed by atoms with Crippen molar-refractivity contribution in [2.75, 3.05) is 0 Å².